The summed E-state index contributed by atoms with van der Waals surface area (Å²) >= 11 is 0. The Kier molecular flexibility index (Phi) is 5.61. The van der Waals surface area contributed by atoms with Gasteiger partial charge in [0, 0.05) is 26.6 Å². The fraction of sp³-hybridized carbons (Fsp3) is 0.556. The van der Waals surface area contributed by atoms with Gasteiger partial charge in [-0.3, -0.25) is 4.79 Å². The Hall–Kier alpha value is -2.26. The molecule has 2 saturated heterocycles. The summed E-state index contributed by atoms with van der Waals surface area (Å²) in [4.78, 5) is 26.9. The summed E-state index contributed by atoms with van der Waals surface area (Å²) in [6.07, 6.45) is 0. The monoisotopic (exact) mass is 383 g/mol. The number of alkyl halides is 2. The molecule has 9 heteroatoms. The summed E-state index contributed by atoms with van der Waals surface area (Å²) in [5.74, 6) is -6.00. The normalized spacial score (nSPS) is 23.4. The minimum Gasteiger partial charge on any atom is -0.345 e. The first-order valence-electron chi connectivity index (χ1n) is 8.81. The molecule has 1 aromatic rings. The lowest BCUT2D eigenvalue weighted by Crippen LogP contribution is -2.65. The maximum absolute atomic E-state index is 13.4. The first kappa shape index (κ1) is 19.5. The third-order valence-corrected chi connectivity index (χ3v) is 4.55. The number of urea groups is 1. The topological polar surface area (TPSA) is 71.1 Å². The van der Waals surface area contributed by atoms with E-state index in [1.54, 1.807) is 0 Å². The molecule has 0 saturated carbocycles. The van der Waals surface area contributed by atoms with E-state index in [0.717, 1.165) is 10.5 Å². The van der Waals surface area contributed by atoms with E-state index >= 15 is 0 Å². The van der Waals surface area contributed by atoms with Gasteiger partial charge in [-0.25, -0.2) is 4.79 Å². The summed E-state index contributed by atoms with van der Waals surface area (Å²) in [7, 11) is 0. The van der Waals surface area contributed by atoms with Gasteiger partial charge in [-0.2, -0.15) is 8.78 Å². The van der Waals surface area contributed by atoms with Crippen molar-refractivity contribution in [3.05, 3.63) is 35.9 Å². The highest BCUT2D eigenvalue weighted by atomic mass is 19.3. The van der Waals surface area contributed by atoms with Gasteiger partial charge in [0.2, 0.25) is 5.79 Å². The Labute approximate surface area is 156 Å². The van der Waals surface area contributed by atoms with E-state index in [1.807, 2.05) is 30.3 Å². The predicted molar refractivity (Wildman–Crippen MR) is 92.1 cm³/mol. The lowest BCUT2D eigenvalue weighted by Gasteiger charge is -2.47. The number of benzene rings is 1. The molecule has 1 N–H and O–H groups in total. The molecule has 0 aliphatic carbocycles. The fourth-order valence-corrected chi connectivity index (χ4v) is 3.21. The van der Waals surface area contributed by atoms with Gasteiger partial charge >= 0.3 is 12.0 Å². The highest BCUT2D eigenvalue weighted by Crippen LogP contribution is 2.27. The van der Waals surface area contributed by atoms with Gasteiger partial charge < -0.3 is 24.6 Å². The van der Waals surface area contributed by atoms with Crippen LogP contribution in [0.5, 0.6) is 0 Å². The second kappa shape index (κ2) is 7.77. The van der Waals surface area contributed by atoms with Gasteiger partial charge in [0.25, 0.3) is 5.91 Å². The van der Waals surface area contributed by atoms with Gasteiger partial charge in [0.1, 0.15) is 0 Å². The third-order valence-electron chi connectivity index (χ3n) is 4.55. The first-order valence-corrected chi connectivity index (χ1v) is 8.81. The maximum Gasteiger partial charge on any atom is 0.322 e. The van der Waals surface area contributed by atoms with E-state index in [-0.39, 0.29) is 38.9 Å². The van der Waals surface area contributed by atoms with Crippen LogP contribution in [0.15, 0.2) is 30.3 Å². The number of rotatable bonds is 3. The zero-order valence-corrected chi connectivity index (χ0v) is 15.1. The molecule has 1 unspecified atom stereocenters. The molecule has 0 bridgehead atoms. The number of morpholine rings is 2. The average molecular weight is 383 g/mol. The quantitative estimate of drug-likeness (QED) is 0.858. The third kappa shape index (κ3) is 4.72. The Balaban J connectivity index is 1.60. The van der Waals surface area contributed by atoms with E-state index in [1.165, 1.54) is 4.90 Å². The van der Waals surface area contributed by atoms with Crippen molar-refractivity contribution in [3.8, 4) is 0 Å². The molecule has 27 heavy (non-hydrogen) atoms. The summed E-state index contributed by atoms with van der Waals surface area (Å²) in [6, 6.07) is 9.17. The van der Waals surface area contributed by atoms with Crippen molar-refractivity contribution in [2.45, 2.75) is 25.2 Å². The molecule has 1 spiro atoms. The van der Waals surface area contributed by atoms with Gasteiger partial charge in [-0.1, -0.05) is 30.3 Å². The van der Waals surface area contributed by atoms with Crippen molar-refractivity contribution in [1.82, 2.24) is 15.1 Å². The maximum atomic E-state index is 13.4. The molecule has 0 aromatic heterocycles. The fourth-order valence-electron chi connectivity index (χ4n) is 3.21. The van der Waals surface area contributed by atoms with Crippen LogP contribution in [-0.2, 0) is 20.8 Å². The standard InChI is InChI=1S/C18H23F2N3O4/c1-17(19,20)15(24)22-7-9-26-18(12-22)13-23(8-10-27-18)16(25)21-11-14-5-3-2-4-6-14/h2-6H,7-13H2,1H3,(H,21,25). The van der Waals surface area contributed by atoms with Crippen LogP contribution in [0.25, 0.3) is 0 Å². The van der Waals surface area contributed by atoms with Crippen LogP contribution in [0.2, 0.25) is 0 Å². The Morgan fingerprint density at radius 2 is 1.70 bits per heavy atom. The zero-order valence-electron chi connectivity index (χ0n) is 15.1. The molecule has 0 radical (unpaired) electrons. The number of nitrogens with one attached hydrogen (secondary N) is 1. The number of amides is 3. The number of nitrogens with zero attached hydrogens (tertiary/aromatic N) is 2. The summed E-state index contributed by atoms with van der Waals surface area (Å²) in [5, 5.41) is 2.82. The zero-order chi connectivity index (χ0) is 19.5. The molecule has 1 atom stereocenters. The van der Waals surface area contributed by atoms with Crippen LogP contribution in [0.4, 0.5) is 13.6 Å². The van der Waals surface area contributed by atoms with E-state index in [9.17, 15) is 18.4 Å². The van der Waals surface area contributed by atoms with Crippen LogP contribution in [-0.4, -0.2) is 72.8 Å². The molecule has 2 aliphatic heterocycles. The summed E-state index contributed by atoms with van der Waals surface area (Å²) in [5.41, 5.74) is 0.963. The van der Waals surface area contributed by atoms with Crippen LogP contribution in [0.1, 0.15) is 12.5 Å². The van der Waals surface area contributed by atoms with Gasteiger partial charge in [-0.05, 0) is 5.56 Å². The lowest BCUT2D eigenvalue weighted by atomic mass is 10.1. The van der Waals surface area contributed by atoms with Gasteiger partial charge in [-0.15, -0.1) is 0 Å². The summed E-state index contributed by atoms with van der Waals surface area (Å²) in [6.45, 7) is 1.55. The average Bonchev–Trinajstić information content (AvgIpc) is 2.65. The minimum atomic E-state index is -3.46. The van der Waals surface area contributed by atoms with Crippen LogP contribution in [0.3, 0.4) is 0 Å². The second-order valence-corrected chi connectivity index (χ2v) is 6.79. The highest BCUT2D eigenvalue weighted by Gasteiger charge is 2.47. The number of ether oxygens (including phenoxy) is 2. The molecule has 3 amide bonds. The van der Waals surface area contributed by atoms with Crippen LogP contribution in [0, 0.1) is 0 Å². The van der Waals surface area contributed by atoms with Crippen LogP contribution < -0.4 is 5.32 Å². The van der Waals surface area contributed by atoms with Crippen molar-refractivity contribution in [1.29, 1.82) is 0 Å². The lowest BCUT2D eigenvalue weighted by molar-refractivity contribution is -0.286. The van der Waals surface area contributed by atoms with Crippen molar-refractivity contribution in [3.63, 3.8) is 0 Å². The van der Waals surface area contributed by atoms with E-state index in [0.29, 0.717) is 20.0 Å². The molecule has 2 fully saturated rings. The Morgan fingerprint density at radius 1 is 1.11 bits per heavy atom. The number of carbonyl (C=O) groups is 2. The number of halogens is 2. The predicted octanol–water partition coefficient (Wildman–Crippen LogP) is 1.44. The minimum absolute atomic E-state index is 0.0622. The molecule has 148 valence electrons. The van der Waals surface area contributed by atoms with Crippen molar-refractivity contribution >= 4 is 11.9 Å². The summed E-state index contributed by atoms with van der Waals surface area (Å²) < 4.78 is 38.1. The number of carbonyl (C=O) groups excluding carboxylic acids is 2. The van der Waals surface area contributed by atoms with Crippen molar-refractivity contribution < 1.29 is 27.8 Å². The van der Waals surface area contributed by atoms with Gasteiger partial charge in [0.05, 0.1) is 26.3 Å². The SMILES string of the molecule is CC(F)(F)C(=O)N1CCOC2(CN(C(=O)NCc3ccccc3)CCO2)C1. The number of hydrogen-bond donors (Lipinski definition) is 1. The van der Waals surface area contributed by atoms with Gasteiger partial charge in [0.15, 0.2) is 0 Å². The molecular formula is C18H23F2N3O4. The number of hydrogen-bond acceptors (Lipinski definition) is 4. The smallest absolute Gasteiger partial charge is 0.322 e. The molecule has 1 aromatic carbocycles. The van der Waals surface area contributed by atoms with Crippen molar-refractivity contribution in [2.75, 3.05) is 39.4 Å². The molecule has 2 heterocycles. The molecular weight excluding hydrogens is 360 g/mol. The van der Waals surface area contributed by atoms with E-state index < -0.39 is 17.6 Å². The highest BCUT2D eigenvalue weighted by molar-refractivity contribution is 5.83. The largest absolute Gasteiger partial charge is 0.345 e. The molecule has 3 rings (SSSR count). The Morgan fingerprint density at radius 3 is 2.33 bits per heavy atom. The van der Waals surface area contributed by atoms with Crippen LogP contribution >= 0.6 is 0 Å². The molecule has 7 nitrogen and oxygen atoms in total. The van der Waals surface area contributed by atoms with E-state index in [4.69, 9.17) is 9.47 Å². The Bertz CT molecular complexity index is 679. The van der Waals surface area contributed by atoms with Crippen molar-refractivity contribution in [2.24, 2.45) is 0 Å². The van der Waals surface area contributed by atoms with E-state index in [2.05, 4.69) is 5.32 Å². The second-order valence-electron chi connectivity index (χ2n) is 6.79. The first-order chi connectivity index (χ1) is 12.8. The molecule has 2 aliphatic rings.